The van der Waals surface area contributed by atoms with Gasteiger partial charge >= 0.3 is 0 Å². The summed E-state index contributed by atoms with van der Waals surface area (Å²) in [6.07, 6.45) is 6.03. The van der Waals surface area contributed by atoms with Crippen LogP contribution in [0.3, 0.4) is 0 Å². The highest BCUT2D eigenvalue weighted by Crippen LogP contribution is 2.38. The number of benzene rings is 3. The van der Waals surface area contributed by atoms with E-state index in [9.17, 15) is 9.59 Å². The van der Waals surface area contributed by atoms with Crippen molar-refractivity contribution in [2.24, 2.45) is 0 Å². The SMILES string of the molecule is CCC(=O)Nc1ccc2c(c1)NC(=O)CCCCC(c1ccc(-c3cc(Cl)ccc3-n3cnnn3)cn1)c1cc(F)cc-2c1. The first-order valence-electron chi connectivity index (χ1n) is 14.4. The molecule has 2 bridgehead atoms. The van der Waals surface area contributed by atoms with Crippen LogP contribution >= 0.6 is 11.6 Å². The fourth-order valence-corrected chi connectivity index (χ4v) is 5.68. The molecule has 222 valence electrons. The van der Waals surface area contributed by atoms with E-state index in [-0.39, 0.29) is 23.5 Å². The molecule has 0 radical (unpaired) electrons. The van der Waals surface area contributed by atoms with Crippen molar-refractivity contribution in [1.82, 2.24) is 25.2 Å². The molecule has 1 unspecified atom stereocenters. The number of amides is 2. The van der Waals surface area contributed by atoms with Crippen LogP contribution in [0, 0.1) is 5.82 Å². The first kappa shape index (κ1) is 29.1. The molecule has 1 aliphatic rings. The summed E-state index contributed by atoms with van der Waals surface area (Å²) in [6, 6.07) is 19.6. The topological polar surface area (TPSA) is 115 Å². The lowest BCUT2D eigenvalue weighted by molar-refractivity contribution is -0.116. The van der Waals surface area contributed by atoms with Gasteiger partial charge in [0, 0.05) is 58.1 Å². The molecule has 9 nitrogen and oxygen atoms in total. The summed E-state index contributed by atoms with van der Waals surface area (Å²) < 4.78 is 16.8. The Morgan fingerprint density at radius 1 is 1.05 bits per heavy atom. The van der Waals surface area contributed by atoms with Crippen LogP contribution in [-0.4, -0.2) is 37.0 Å². The molecule has 0 spiro atoms. The molecule has 0 saturated heterocycles. The Bertz CT molecular complexity index is 1830. The molecule has 3 aromatic carbocycles. The molecule has 3 heterocycles. The molecule has 1 atom stereocenters. The first-order chi connectivity index (χ1) is 21.4. The van der Waals surface area contributed by atoms with Crippen LogP contribution in [0.15, 0.2) is 79.3 Å². The van der Waals surface area contributed by atoms with E-state index in [1.807, 2.05) is 30.3 Å². The number of pyridine rings is 1. The zero-order chi connectivity index (χ0) is 30.6. The normalized spacial score (nSPS) is 15.0. The molecular weight excluding hydrogens is 581 g/mol. The van der Waals surface area contributed by atoms with Gasteiger partial charge < -0.3 is 10.6 Å². The van der Waals surface area contributed by atoms with E-state index >= 15 is 4.39 Å². The van der Waals surface area contributed by atoms with Gasteiger partial charge in [0.15, 0.2) is 0 Å². The maximum absolute atomic E-state index is 15.2. The van der Waals surface area contributed by atoms with E-state index in [4.69, 9.17) is 16.6 Å². The van der Waals surface area contributed by atoms with Gasteiger partial charge in [0.25, 0.3) is 0 Å². The number of hydrogen-bond acceptors (Lipinski definition) is 6. The molecule has 5 aromatic rings. The van der Waals surface area contributed by atoms with E-state index < -0.39 is 0 Å². The summed E-state index contributed by atoms with van der Waals surface area (Å²) in [6.45, 7) is 1.77. The Kier molecular flexibility index (Phi) is 8.42. The van der Waals surface area contributed by atoms with Gasteiger partial charge in [-0.25, -0.2) is 4.39 Å². The van der Waals surface area contributed by atoms with Crippen LogP contribution in [-0.2, 0) is 9.59 Å². The Hall–Kier alpha value is -4.96. The Balaban J connectivity index is 1.39. The number of rotatable bonds is 5. The number of halogens is 2. The van der Waals surface area contributed by atoms with Gasteiger partial charge in [0.2, 0.25) is 11.8 Å². The largest absolute Gasteiger partial charge is 0.326 e. The summed E-state index contributed by atoms with van der Waals surface area (Å²) in [5.41, 5.74) is 6.32. The van der Waals surface area contributed by atoms with Crippen molar-refractivity contribution in [2.75, 3.05) is 10.6 Å². The molecular formula is C33H29ClFN7O2. The van der Waals surface area contributed by atoms with Crippen molar-refractivity contribution in [1.29, 1.82) is 0 Å². The smallest absolute Gasteiger partial charge is 0.224 e. The average molecular weight is 610 g/mol. The quantitative estimate of drug-likeness (QED) is 0.218. The summed E-state index contributed by atoms with van der Waals surface area (Å²) in [4.78, 5) is 29.7. The lowest BCUT2D eigenvalue weighted by Crippen LogP contribution is -2.14. The van der Waals surface area contributed by atoms with Crippen LogP contribution in [0.5, 0.6) is 0 Å². The number of nitrogens with zero attached hydrogens (tertiary/aromatic N) is 5. The van der Waals surface area contributed by atoms with Crippen molar-refractivity contribution in [2.45, 2.75) is 44.9 Å². The Labute approximate surface area is 258 Å². The van der Waals surface area contributed by atoms with Crippen molar-refractivity contribution >= 4 is 34.8 Å². The van der Waals surface area contributed by atoms with E-state index in [1.165, 1.54) is 12.4 Å². The predicted molar refractivity (Wildman–Crippen MR) is 167 cm³/mol. The highest BCUT2D eigenvalue weighted by molar-refractivity contribution is 6.31. The van der Waals surface area contributed by atoms with Crippen LogP contribution in [0.25, 0.3) is 27.9 Å². The monoisotopic (exact) mass is 609 g/mol. The van der Waals surface area contributed by atoms with Crippen LogP contribution in [0.4, 0.5) is 15.8 Å². The third kappa shape index (κ3) is 6.35. The van der Waals surface area contributed by atoms with Gasteiger partial charge in [-0.3, -0.25) is 14.6 Å². The molecule has 6 rings (SSSR count). The molecule has 2 amide bonds. The minimum Gasteiger partial charge on any atom is -0.326 e. The number of tetrazole rings is 1. The zero-order valence-corrected chi connectivity index (χ0v) is 24.7. The fourth-order valence-electron chi connectivity index (χ4n) is 5.51. The zero-order valence-electron chi connectivity index (χ0n) is 23.9. The van der Waals surface area contributed by atoms with Crippen molar-refractivity contribution < 1.29 is 14.0 Å². The summed E-state index contributed by atoms with van der Waals surface area (Å²) in [7, 11) is 0. The van der Waals surface area contributed by atoms with E-state index in [2.05, 4.69) is 26.2 Å². The van der Waals surface area contributed by atoms with Gasteiger partial charge in [0.1, 0.15) is 12.1 Å². The lowest BCUT2D eigenvalue weighted by Gasteiger charge is -2.21. The molecule has 2 N–H and O–H groups in total. The molecule has 11 heteroatoms. The number of fused-ring (bicyclic) bond motifs is 4. The number of hydrogen-bond donors (Lipinski definition) is 2. The maximum atomic E-state index is 15.2. The van der Waals surface area contributed by atoms with Gasteiger partial charge in [-0.2, -0.15) is 4.68 Å². The minimum absolute atomic E-state index is 0.138. The fraction of sp³-hybridized carbons (Fsp3) is 0.212. The average Bonchev–Trinajstić information content (AvgIpc) is 3.55. The third-order valence-corrected chi connectivity index (χ3v) is 7.92. The Morgan fingerprint density at radius 3 is 2.70 bits per heavy atom. The lowest BCUT2D eigenvalue weighted by atomic mass is 9.87. The third-order valence-electron chi connectivity index (χ3n) is 7.69. The second kappa shape index (κ2) is 12.7. The maximum Gasteiger partial charge on any atom is 0.224 e. The second-order valence-corrected chi connectivity index (χ2v) is 11.1. The molecule has 44 heavy (non-hydrogen) atoms. The van der Waals surface area contributed by atoms with E-state index in [0.717, 1.165) is 34.5 Å². The standard InChI is InChI=1S/C33H29ClFN7O2/c1-2-32(43)38-25-9-10-27-22-13-21(14-24(35)15-22)26(5-3-4-6-33(44)39-30(27)17-25)29-11-7-20(18-36-29)28-16-23(34)8-12-31(28)42-19-37-40-41-42/h7-19,26H,2-6H2,1H3,(H,38,43)(H,39,44). The van der Waals surface area contributed by atoms with Crippen molar-refractivity contribution in [3.05, 3.63) is 101 Å². The molecule has 2 aromatic heterocycles. The number of nitrogens with one attached hydrogen (secondary N) is 2. The highest BCUT2D eigenvalue weighted by Gasteiger charge is 2.21. The second-order valence-electron chi connectivity index (χ2n) is 10.7. The first-order valence-corrected chi connectivity index (χ1v) is 14.8. The summed E-state index contributed by atoms with van der Waals surface area (Å²) in [5, 5.41) is 17.9. The Morgan fingerprint density at radius 2 is 1.93 bits per heavy atom. The van der Waals surface area contributed by atoms with E-state index in [0.29, 0.717) is 53.2 Å². The summed E-state index contributed by atoms with van der Waals surface area (Å²) in [5.74, 6) is -0.866. The van der Waals surface area contributed by atoms with Gasteiger partial charge in [0.05, 0.1) is 11.4 Å². The number of anilines is 2. The number of carbonyl (C=O) groups excluding carboxylic acids is 2. The molecule has 0 saturated carbocycles. The van der Waals surface area contributed by atoms with Gasteiger partial charge in [-0.05, 0) is 82.9 Å². The van der Waals surface area contributed by atoms with Crippen LogP contribution in [0.1, 0.15) is 56.2 Å². The van der Waals surface area contributed by atoms with Crippen LogP contribution < -0.4 is 10.6 Å². The molecule has 0 fully saturated rings. The molecule has 0 aliphatic carbocycles. The van der Waals surface area contributed by atoms with Gasteiger partial charge in [-0.15, -0.1) is 5.10 Å². The van der Waals surface area contributed by atoms with Crippen molar-refractivity contribution in [3.63, 3.8) is 0 Å². The summed E-state index contributed by atoms with van der Waals surface area (Å²) >= 11 is 6.34. The predicted octanol–water partition coefficient (Wildman–Crippen LogP) is 7.18. The number of carbonyl (C=O) groups is 2. The number of aromatic nitrogens is 5. The van der Waals surface area contributed by atoms with E-state index in [1.54, 1.807) is 48.1 Å². The highest BCUT2D eigenvalue weighted by atomic mass is 35.5. The van der Waals surface area contributed by atoms with Gasteiger partial charge in [-0.1, -0.05) is 43.1 Å². The minimum atomic E-state index is -0.387. The van der Waals surface area contributed by atoms with Crippen LogP contribution in [0.2, 0.25) is 5.02 Å². The molecule has 1 aliphatic heterocycles. The van der Waals surface area contributed by atoms with Crippen molar-refractivity contribution in [3.8, 4) is 27.9 Å².